The molecule has 1 aliphatic heterocycles. The molecule has 160 valence electrons. The summed E-state index contributed by atoms with van der Waals surface area (Å²) in [6.45, 7) is 4.30. The van der Waals surface area contributed by atoms with Gasteiger partial charge in [0.05, 0.1) is 12.6 Å². The van der Waals surface area contributed by atoms with Crippen LogP contribution in [0, 0.1) is 5.92 Å². The van der Waals surface area contributed by atoms with E-state index in [2.05, 4.69) is 5.32 Å². The lowest BCUT2D eigenvalue weighted by molar-refractivity contribution is -0.147. The van der Waals surface area contributed by atoms with Crippen LogP contribution in [-0.2, 0) is 16.1 Å². The molecule has 29 heavy (non-hydrogen) atoms. The fourth-order valence-corrected chi connectivity index (χ4v) is 4.20. The SMILES string of the molecule is CC.CNC(C(=O)N1C(=O)N(Cc2ccccc2)CC1C(=O)O)C1CCCCC1. The summed E-state index contributed by atoms with van der Waals surface area (Å²) in [4.78, 5) is 40.2. The normalized spacial score (nSPS) is 20.8. The Balaban J connectivity index is 0.00000145. The molecule has 2 fully saturated rings. The van der Waals surface area contributed by atoms with Gasteiger partial charge in [-0.2, -0.15) is 0 Å². The molecule has 0 bridgehead atoms. The first-order valence-corrected chi connectivity index (χ1v) is 10.6. The molecule has 1 saturated carbocycles. The first-order chi connectivity index (χ1) is 14.0. The van der Waals surface area contributed by atoms with Crippen molar-refractivity contribution in [3.05, 3.63) is 35.9 Å². The lowest BCUT2D eigenvalue weighted by atomic mass is 9.83. The molecule has 2 unspecified atom stereocenters. The second kappa shape index (κ2) is 11.0. The minimum absolute atomic E-state index is 0.00982. The first kappa shape index (κ1) is 22.9. The zero-order chi connectivity index (χ0) is 21.4. The van der Waals surface area contributed by atoms with Gasteiger partial charge >= 0.3 is 12.0 Å². The van der Waals surface area contributed by atoms with Crippen LogP contribution in [-0.4, -0.2) is 58.5 Å². The van der Waals surface area contributed by atoms with E-state index in [4.69, 9.17) is 0 Å². The highest BCUT2D eigenvalue weighted by atomic mass is 16.4. The summed E-state index contributed by atoms with van der Waals surface area (Å²) in [7, 11) is 1.70. The highest BCUT2D eigenvalue weighted by molar-refractivity contribution is 6.03. The summed E-state index contributed by atoms with van der Waals surface area (Å²) in [5.74, 6) is -1.43. The van der Waals surface area contributed by atoms with Crippen LogP contribution in [0.15, 0.2) is 30.3 Å². The number of hydrogen-bond donors (Lipinski definition) is 2. The number of nitrogens with zero attached hydrogens (tertiary/aromatic N) is 2. The zero-order valence-corrected chi connectivity index (χ0v) is 17.6. The number of rotatable bonds is 6. The lowest BCUT2D eigenvalue weighted by Gasteiger charge is -2.32. The number of aliphatic carboxylic acids is 1. The van der Waals surface area contributed by atoms with Gasteiger partial charge in [-0.05, 0) is 31.4 Å². The molecular formula is C22H33N3O4. The Labute approximate surface area is 173 Å². The Hall–Kier alpha value is -2.41. The standard InChI is InChI=1S/C20H27N3O4.C2H6/c1-21-17(15-10-6-3-7-11-15)18(24)23-16(19(25)26)13-22(20(23)27)12-14-8-4-2-5-9-14;1-2/h2,4-5,8-9,15-17,21H,3,6-7,10-13H2,1H3,(H,25,26);1-2H3. The number of likely N-dealkylation sites (N-methyl/N-ethyl adjacent to an activating group) is 1. The summed E-state index contributed by atoms with van der Waals surface area (Å²) in [6.07, 6.45) is 5.13. The molecule has 0 spiro atoms. The summed E-state index contributed by atoms with van der Waals surface area (Å²) in [5.41, 5.74) is 0.904. The van der Waals surface area contributed by atoms with Crippen molar-refractivity contribution in [2.45, 2.75) is 64.6 Å². The Morgan fingerprint density at radius 1 is 1.14 bits per heavy atom. The van der Waals surface area contributed by atoms with E-state index >= 15 is 0 Å². The van der Waals surface area contributed by atoms with Gasteiger partial charge in [0, 0.05) is 6.54 Å². The Morgan fingerprint density at radius 2 is 1.76 bits per heavy atom. The van der Waals surface area contributed by atoms with Crippen LogP contribution in [0.4, 0.5) is 4.79 Å². The van der Waals surface area contributed by atoms with Gasteiger partial charge in [0.1, 0.15) is 0 Å². The molecule has 3 rings (SSSR count). The molecule has 1 aliphatic carbocycles. The number of nitrogens with one attached hydrogen (secondary N) is 1. The number of imide groups is 1. The third-order valence-corrected chi connectivity index (χ3v) is 5.62. The van der Waals surface area contributed by atoms with E-state index in [9.17, 15) is 19.5 Å². The highest BCUT2D eigenvalue weighted by Crippen LogP contribution is 2.29. The van der Waals surface area contributed by atoms with Crippen molar-refractivity contribution in [1.82, 2.24) is 15.1 Å². The molecule has 2 atom stereocenters. The van der Waals surface area contributed by atoms with E-state index in [-0.39, 0.29) is 12.5 Å². The number of carboxylic acids is 1. The summed E-state index contributed by atoms with van der Waals surface area (Å²) < 4.78 is 0. The monoisotopic (exact) mass is 403 g/mol. The van der Waals surface area contributed by atoms with Crippen LogP contribution >= 0.6 is 0 Å². The lowest BCUT2D eigenvalue weighted by Crippen LogP contribution is -2.54. The van der Waals surface area contributed by atoms with Gasteiger partial charge in [-0.25, -0.2) is 14.5 Å². The summed E-state index contributed by atoms with van der Waals surface area (Å²) in [5, 5.41) is 12.6. The number of carbonyl (C=O) groups is 3. The third-order valence-electron chi connectivity index (χ3n) is 5.62. The molecule has 7 heteroatoms. The van der Waals surface area contributed by atoms with E-state index in [1.54, 1.807) is 7.05 Å². The third kappa shape index (κ3) is 5.35. The second-order valence-electron chi connectivity index (χ2n) is 7.38. The van der Waals surface area contributed by atoms with Crippen LogP contribution in [0.5, 0.6) is 0 Å². The Morgan fingerprint density at radius 3 is 2.31 bits per heavy atom. The van der Waals surface area contributed by atoms with Crippen LogP contribution in [0.3, 0.4) is 0 Å². The number of urea groups is 1. The largest absolute Gasteiger partial charge is 0.480 e. The molecule has 1 heterocycles. The van der Waals surface area contributed by atoms with E-state index in [1.165, 1.54) is 4.90 Å². The fourth-order valence-electron chi connectivity index (χ4n) is 4.20. The molecule has 0 aromatic heterocycles. The minimum Gasteiger partial charge on any atom is -0.480 e. The Kier molecular flexibility index (Phi) is 8.64. The van der Waals surface area contributed by atoms with Gasteiger partial charge in [-0.3, -0.25) is 4.79 Å². The number of amides is 3. The van der Waals surface area contributed by atoms with E-state index in [0.29, 0.717) is 6.54 Å². The number of carbonyl (C=O) groups excluding carboxylic acids is 2. The van der Waals surface area contributed by atoms with E-state index in [0.717, 1.165) is 42.6 Å². The van der Waals surface area contributed by atoms with Crippen LogP contribution in [0.1, 0.15) is 51.5 Å². The van der Waals surface area contributed by atoms with Gasteiger partial charge in [-0.1, -0.05) is 63.4 Å². The molecule has 1 aromatic rings. The van der Waals surface area contributed by atoms with Crippen molar-refractivity contribution >= 4 is 17.9 Å². The fraction of sp³-hybridized carbons (Fsp3) is 0.591. The predicted octanol–water partition coefficient (Wildman–Crippen LogP) is 3.10. The molecule has 1 saturated heterocycles. The van der Waals surface area contributed by atoms with Crippen LogP contribution in [0.2, 0.25) is 0 Å². The Bertz CT molecular complexity index is 689. The number of carboxylic acid groups (broad SMARTS) is 1. The topological polar surface area (TPSA) is 90.0 Å². The van der Waals surface area contributed by atoms with Gasteiger partial charge in [-0.15, -0.1) is 0 Å². The van der Waals surface area contributed by atoms with Crippen molar-refractivity contribution in [3.8, 4) is 0 Å². The average molecular weight is 404 g/mol. The molecule has 1 aromatic carbocycles. The maximum Gasteiger partial charge on any atom is 0.328 e. The molecule has 2 N–H and O–H groups in total. The van der Waals surface area contributed by atoms with E-state index < -0.39 is 30.0 Å². The average Bonchev–Trinajstić information content (AvgIpc) is 3.08. The summed E-state index contributed by atoms with van der Waals surface area (Å²) >= 11 is 0. The molecule has 2 aliphatic rings. The maximum absolute atomic E-state index is 13.2. The predicted molar refractivity (Wildman–Crippen MR) is 111 cm³/mol. The maximum atomic E-state index is 13.2. The molecule has 3 amide bonds. The highest BCUT2D eigenvalue weighted by Gasteiger charge is 2.47. The van der Waals surface area contributed by atoms with Gasteiger partial charge in [0.2, 0.25) is 5.91 Å². The molecular weight excluding hydrogens is 370 g/mol. The number of hydrogen-bond acceptors (Lipinski definition) is 4. The van der Waals surface area contributed by atoms with Crippen molar-refractivity contribution in [1.29, 1.82) is 0 Å². The zero-order valence-electron chi connectivity index (χ0n) is 17.6. The van der Waals surface area contributed by atoms with Crippen molar-refractivity contribution < 1.29 is 19.5 Å². The van der Waals surface area contributed by atoms with Crippen molar-refractivity contribution in [2.24, 2.45) is 5.92 Å². The van der Waals surface area contributed by atoms with Crippen molar-refractivity contribution in [3.63, 3.8) is 0 Å². The van der Waals surface area contributed by atoms with Gasteiger partial charge < -0.3 is 15.3 Å². The molecule has 0 radical (unpaired) electrons. The number of benzene rings is 1. The molecule has 7 nitrogen and oxygen atoms in total. The van der Waals surface area contributed by atoms with Gasteiger partial charge in [0.15, 0.2) is 6.04 Å². The van der Waals surface area contributed by atoms with Gasteiger partial charge in [0.25, 0.3) is 0 Å². The van der Waals surface area contributed by atoms with Crippen molar-refractivity contribution in [2.75, 3.05) is 13.6 Å². The summed E-state index contributed by atoms with van der Waals surface area (Å²) in [6, 6.07) is 7.19. The van der Waals surface area contributed by atoms with Crippen LogP contribution in [0.25, 0.3) is 0 Å². The first-order valence-electron chi connectivity index (χ1n) is 10.6. The second-order valence-corrected chi connectivity index (χ2v) is 7.38. The van der Waals surface area contributed by atoms with E-state index in [1.807, 2.05) is 44.2 Å². The quantitative estimate of drug-likeness (QED) is 0.762. The van der Waals surface area contributed by atoms with Crippen LogP contribution < -0.4 is 5.32 Å². The smallest absolute Gasteiger partial charge is 0.328 e. The minimum atomic E-state index is -1.15.